The van der Waals surface area contributed by atoms with Crippen LogP contribution < -0.4 is 4.74 Å². The molecule has 1 aromatic heterocycles. The van der Waals surface area contributed by atoms with Gasteiger partial charge in [-0.05, 0) is 25.1 Å². The second-order valence-corrected chi connectivity index (χ2v) is 6.86. The maximum absolute atomic E-state index is 13.1. The van der Waals surface area contributed by atoms with Crippen LogP contribution in [0, 0.1) is 6.92 Å². The Bertz CT molecular complexity index is 922. The van der Waals surface area contributed by atoms with E-state index in [1.165, 1.54) is 0 Å². The minimum absolute atomic E-state index is 0.148. The molecule has 0 unspecified atom stereocenters. The van der Waals surface area contributed by atoms with E-state index in [1.807, 2.05) is 48.5 Å². The molecule has 1 heterocycles. The van der Waals surface area contributed by atoms with Crippen LogP contribution in [0.3, 0.4) is 0 Å². The molecule has 0 saturated carbocycles. The number of nitrogens with zero attached hydrogens (tertiary/aromatic N) is 2. The third kappa shape index (κ3) is 3.65. The highest BCUT2D eigenvalue weighted by molar-refractivity contribution is 9.10. The quantitative estimate of drug-likeness (QED) is 0.607. The minimum Gasteiger partial charge on any atom is -0.496 e. The number of hydrogen-bond acceptors (Lipinski definition) is 4. The summed E-state index contributed by atoms with van der Waals surface area (Å²) >= 11 is 3.46. The molecule has 0 fully saturated rings. The van der Waals surface area contributed by atoms with Crippen LogP contribution in [0.1, 0.15) is 21.7 Å². The van der Waals surface area contributed by atoms with Crippen molar-refractivity contribution in [1.82, 2.24) is 10.1 Å². The van der Waals surface area contributed by atoms with Crippen LogP contribution in [0.2, 0.25) is 0 Å². The lowest BCUT2D eigenvalue weighted by atomic mass is 10.0. The van der Waals surface area contributed by atoms with Crippen molar-refractivity contribution in [1.29, 1.82) is 0 Å². The first-order valence-electron chi connectivity index (χ1n) is 8.11. The second-order valence-electron chi connectivity index (χ2n) is 5.95. The van der Waals surface area contributed by atoms with E-state index in [4.69, 9.17) is 9.26 Å². The highest BCUT2D eigenvalue weighted by atomic mass is 79.9. The highest BCUT2D eigenvalue weighted by Gasteiger charge is 2.25. The largest absolute Gasteiger partial charge is 0.496 e. The normalized spacial score (nSPS) is 10.6. The number of amides is 1. The summed E-state index contributed by atoms with van der Waals surface area (Å²) in [5.41, 5.74) is 2.79. The number of ether oxygens (including phenoxy) is 1. The van der Waals surface area contributed by atoms with Crippen molar-refractivity contribution < 1.29 is 14.1 Å². The van der Waals surface area contributed by atoms with E-state index >= 15 is 0 Å². The number of carbonyl (C=O) groups is 1. The molecule has 0 bridgehead atoms. The Hall–Kier alpha value is -2.60. The van der Waals surface area contributed by atoms with Gasteiger partial charge in [-0.15, -0.1) is 0 Å². The fourth-order valence-corrected chi connectivity index (χ4v) is 3.21. The first-order chi connectivity index (χ1) is 12.5. The Morgan fingerprint density at radius 3 is 2.65 bits per heavy atom. The Morgan fingerprint density at radius 2 is 1.96 bits per heavy atom. The number of aromatic nitrogens is 1. The molecule has 3 aromatic rings. The predicted molar refractivity (Wildman–Crippen MR) is 103 cm³/mol. The van der Waals surface area contributed by atoms with Crippen LogP contribution >= 0.6 is 15.9 Å². The van der Waals surface area contributed by atoms with Gasteiger partial charge < -0.3 is 14.2 Å². The lowest BCUT2D eigenvalue weighted by Crippen LogP contribution is -2.27. The molecular weight excluding hydrogens is 396 g/mol. The van der Waals surface area contributed by atoms with Gasteiger partial charge in [0.05, 0.1) is 7.11 Å². The standard InChI is InChI=1S/C20H19BrN2O3/c1-13-18(19(22-26-13)14-7-5-4-6-8-14)20(24)23(2)12-15-11-16(21)9-10-17(15)25-3/h4-11H,12H2,1-3H3. The maximum Gasteiger partial charge on any atom is 0.259 e. The number of benzene rings is 2. The van der Waals surface area contributed by atoms with Crippen molar-refractivity contribution >= 4 is 21.8 Å². The molecule has 3 rings (SSSR count). The van der Waals surface area contributed by atoms with Crippen LogP contribution in [-0.2, 0) is 6.54 Å². The van der Waals surface area contributed by atoms with Gasteiger partial charge in [-0.25, -0.2) is 0 Å². The Morgan fingerprint density at radius 1 is 1.23 bits per heavy atom. The number of halogens is 1. The zero-order valence-electron chi connectivity index (χ0n) is 14.8. The number of methoxy groups -OCH3 is 1. The third-order valence-electron chi connectivity index (χ3n) is 4.12. The smallest absolute Gasteiger partial charge is 0.259 e. The molecule has 2 aromatic carbocycles. The fraction of sp³-hybridized carbons (Fsp3) is 0.200. The molecule has 0 aliphatic carbocycles. The van der Waals surface area contributed by atoms with Gasteiger partial charge in [-0.3, -0.25) is 4.79 Å². The Balaban J connectivity index is 1.91. The number of aryl methyl sites for hydroxylation is 1. The molecule has 5 nitrogen and oxygen atoms in total. The Labute approximate surface area is 160 Å². The molecule has 0 radical (unpaired) electrons. The summed E-state index contributed by atoms with van der Waals surface area (Å²) in [7, 11) is 3.37. The zero-order valence-corrected chi connectivity index (χ0v) is 16.4. The monoisotopic (exact) mass is 414 g/mol. The Kier molecular flexibility index (Phi) is 5.42. The molecule has 0 atom stereocenters. The first kappa shape index (κ1) is 18.2. The van der Waals surface area contributed by atoms with E-state index in [2.05, 4.69) is 21.1 Å². The van der Waals surface area contributed by atoms with E-state index < -0.39 is 0 Å². The molecule has 0 spiro atoms. The average molecular weight is 415 g/mol. The molecule has 6 heteroatoms. The number of carbonyl (C=O) groups excluding carboxylic acids is 1. The van der Waals surface area contributed by atoms with E-state index in [1.54, 1.807) is 26.0 Å². The zero-order chi connectivity index (χ0) is 18.7. The molecule has 0 saturated heterocycles. The van der Waals surface area contributed by atoms with Gasteiger partial charge in [0.1, 0.15) is 22.8 Å². The van der Waals surface area contributed by atoms with Gasteiger partial charge in [0, 0.05) is 29.2 Å². The van der Waals surface area contributed by atoms with E-state index in [0.29, 0.717) is 23.6 Å². The van der Waals surface area contributed by atoms with Crippen molar-refractivity contribution in [3.05, 3.63) is 69.9 Å². The lowest BCUT2D eigenvalue weighted by Gasteiger charge is -2.19. The fourth-order valence-electron chi connectivity index (χ4n) is 2.81. The first-order valence-corrected chi connectivity index (χ1v) is 8.90. The second kappa shape index (κ2) is 7.74. The van der Waals surface area contributed by atoms with Crippen LogP contribution in [0.15, 0.2) is 57.5 Å². The van der Waals surface area contributed by atoms with Gasteiger partial charge in [0.2, 0.25) is 0 Å². The topological polar surface area (TPSA) is 55.6 Å². The lowest BCUT2D eigenvalue weighted by molar-refractivity contribution is 0.0783. The third-order valence-corrected chi connectivity index (χ3v) is 4.61. The van der Waals surface area contributed by atoms with Crippen LogP contribution in [-0.4, -0.2) is 30.1 Å². The van der Waals surface area contributed by atoms with Crippen molar-refractivity contribution in [2.45, 2.75) is 13.5 Å². The molecule has 0 N–H and O–H groups in total. The van der Waals surface area contributed by atoms with Crippen molar-refractivity contribution in [3.8, 4) is 17.0 Å². The summed E-state index contributed by atoms with van der Waals surface area (Å²) in [5.74, 6) is 1.09. The molecular formula is C20H19BrN2O3. The van der Waals surface area contributed by atoms with Gasteiger partial charge in [0.25, 0.3) is 5.91 Å². The minimum atomic E-state index is -0.148. The maximum atomic E-state index is 13.1. The molecule has 0 aliphatic rings. The number of rotatable bonds is 5. The molecule has 1 amide bonds. The summed E-state index contributed by atoms with van der Waals surface area (Å²) in [6, 6.07) is 15.3. The SMILES string of the molecule is COc1ccc(Br)cc1CN(C)C(=O)c1c(-c2ccccc2)noc1C. The van der Waals surface area contributed by atoms with E-state index in [0.717, 1.165) is 21.3 Å². The summed E-state index contributed by atoms with van der Waals surface area (Å²) in [4.78, 5) is 14.7. The van der Waals surface area contributed by atoms with Crippen LogP contribution in [0.25, 0.3) is 11.3 Å². The van der Waals surface area contributed by atoms with Crippen molar-refractivity contribution in [2.75, 3.05) is 14.2 Å². The number of hydrogen-bond donors (Lipinski definition) is 0. The van der Waals surface area contributed by atoms with E-state index in [-0.39, 0.29) is 5.91 Å². The van der Waals surface area contributed by atoms with Crippen molar-refractivity contribution in [3.63, 3.8) is 0 Å². The summed E-state index contributed by atoms with van der Waals surface area (Å²) in [6.45, 7) is 2.15. The van der Waals surface area contributed by atoms with Gasteiger partial charge in [0.15, 0.2) is 0 Å². The van der Waals surface area contributed by atoms with Gasteiger partial charge in [-0.1, -0.05) is 51.4 Å². The summed E-state index contributed by atoms with van der Waals surface area (Å²) < 4.78 is 11.6. The summed E-state index contributed by atoms with van der Waals surface area (Å²) in [5, 5.41) is 4.09. The van der Waals surface area contributed by atoms with Crippen molar-refractivity contribution in [2.24, 2.45) is 0 Å². The molecule has 134 valence electrons. The molecule has 26 heavy (non-hydrogen) atoms. The van der Waals surface area contributed by atoms with Gasteiger partial charge >= 0.3 is 0 Å². The predicted octanol–water partition coefficient (Wildman–Crippen LogP) is 4.69. The van der Waals surface area contributed by atoms with Crippen LogP contribution in [0.5, 0.6) is 5.75 Å². The van der Waals surface area contributed by atoms with E-state index in [9.17, 15) is 4.79 Å². The average Bonchev–Trinajstić information content (AvgIpc) is 3.03. The highest BCUT2D eigenvalue weighted by Crippen LogP contribution is 2.28. The molecule has 0 aliphatic heterocycles. The van der Waals surface area contributed by atoms with Crippen LogP contribution in [0.4, 0.5) is 0 Å². The van der Waals surface area contributed by atoms with Gasteiger partial charge in [-0.2, -0.15) is 0 Å². The summed E-state index contributed by atoms with van der Waals surface area (Å²) in [6.07, 6.45) is 0.